The molecule has 0 unspecified atom stereocenters. The molecule has 2 rings (SSSR count). The molecule has 0 saturated carbocycles. The predicted octanol–water partition coefficient (Wildman–Crippen LogP) is 4.20. The summed E-state index contributed by atoms with van der Waals surface area (Å²) in [5.41, 5.74) is 3.49. The van der Waals surface area contributed by atoms with Gasteiger partial charge < -0.3 is 10.4 Å². The second-order valence-corrected chi connectivity index (χ2v) is 5.79. The maximum Gasteiger partial charge on any atom is 0.129 e. The number of benzene rings is 2. The van der Waals surface area contributed by atoms with Crippen molar-refractivity contribution < 1.29 is 9.50 Å². The van der Waals surface area contributed by atoms with Gasteiger partial charge in [0.15, 0.2) is 0 Å². The summed E-state index contributed by atoms with van der Waals surface area (Å²) in [6.07, 6.45) is 0. The average Bonchev–Trinajstić information content (AvgIpc) is 2.40. The Bertz CT molecular complexity index is 605. The molecule has 0 amide bonds. The van der Waals surface area contributed by atoms with Gasteiger partial charge in [0.1, 0.15) is 11.6 Å². The van der Waals surface area contributed by atoms with E-state index in [4.69, 9.17) is 0 Å². The number of hydrogen-bond acceptors (Lipinski definition) is 2. The van der Waals surface area contributed by atoms with Crippen LogP contribution in [0.3, 0.4) is 0 Å². The molecule has 20 heavy (non-hydrogen) atoms. The van der Waals surface area contributed by atoms with Gasteiger partial charge in [0.05, 0.1) is 4.47 Å². The lowest BCUT2D eigenvalue weighted by Crippen LogP contribution is -2.13. The summed E-state index contributed by atoms with van der Waals surface area (Å²) in [4.78, 5) is 0. The highest BCUT2D eigenvalue weighted by molar-refractivity contribution is 9.10. The Kier molecular flexibility index (Phi) is 4.78. The van der Waals surface area contributed by atoms with Crippen molar-refractivity contribution in [2.45, 2.75) is 26.9 Å². The van der Waals surface area contributed by atoms with Gasteiger partial charge in [-0.15, -0.1) is 0 Å². The van der Waals surface area contributed by atoms with Crippen molar-refractivity contribution in [2.75, 3.05) is 0 Å². The molecule has 4 heteroatoms. The number of aromatic hydroxyl groups is 1. The van der Waals surface area contributed by atoms with Crippen LogP contribution in [0, 0.1) is 19.7 Å². The third-order valence-electron chi connectivity index (χ3n) is 3.17. The minimum Gasteiger partial charge on any atom is -0.507 e. The summed E-state index contributed by atoms with van der Waals surface area (Å²) in [5, 5.41) is 12.7. The largest absolute Gasteiger partial charge is 0.507 e. The quantitative estimate of drug-likeness (QED) is 0.876. The summed E-state index contributed by atoms with van der Waals surface area (Å²) in [5.74, 6) is 0.106. The lowest BCUT2D eigenvalue weighted by atomic mass is 10.1. The predicted molar refractivity (Wildman–Crippen MR) is 82.2 cm³/mol. The minimum atomic E-state index is -0.129. The summed E-state index contributed by atoms with van der Waals surface area (Å²) in [7, 11) is 0. The Labute approximate surface area is 126 Å². The molecule has 0 aliphatic heterocycles. The third kappa shape index (κ3) is 3.58. The summed E-state index contributed by atoms with van der Waals surface area (Å²) < 4.78 is 14.2. The Morgan fingerprint density at radius 2 is 1.65 bits per heavy atom. The highest BCUT2D eigenvalue weighted by atomic mass is 79.9. The van der Waals surface area contributed by atoms with E-state index >= 15 is 0 Å². The van der Waals surface area contributed by atoms with E-state index in [9.17, 15) is 9.50 Å². The minimum absolute atomic E-state index is 0.129. The van der Waals surface area contributed by atoms with Crippen molar-refractivity contribution in [1.29, 1.82) is 0 Å². The van der Waals surface area contributed by atoms with Crippen LogP contribution in [0.5, 0.6) is 5.75 Å². The zero-order valence-electron chi connectivity index (χ0n) is 11.5. The molecule has 0 fully saturated rings. The topological polar surface area (TPSA) is 32.3 Å². The molecular formula is C16H17BrFNO. The second kappa shape index (κ2) is 6.37. The summed E-state index contributed by atoms with van der Waals surface area (Å²) in [6.45, 7) is 4.93. The van der Waals surface area contributed by atoms with Gasteiger partial charge in [0.2, 0.25) is 0 Å². The van der Waals surface area contributed by atoms with Crippen molar-refractivity contribution in [3.8, 4) is 5.75 Å². The number of rotatable bonds is 4. The fourth-order valence-corrected chi connectivity index (χ4v) is 2.58. The SMILES string of the molecule is Cc1cc(CNCc2ccc(O)c(Br)c2)cc(C)c1F. The number of phenols is 1. The Hall–Kier alpha value is -1.39. The summed E-state index contributed by atoms with van der Waals surface area (Å²) in [6, 6.07) is 9.13. The maximum absolute atomic E-state index is 13.5. The van der Waals surface area contributed by atoms with E-state index in [0.717, 1.165) is 11.1 Å². The van der Waals surface area contributed by atoms with Crippen molar-refractivity contribution in [3.63, 3.8) is 0 Å². The van der Waals surface area contributed by atoms with Gasteiger partial charge in [-0.25, -0.2) is 4.39 Å². The van der Waals surface area contributed by atoms with E-state index in [1.807, 2.05) is 24.3 Å². The van der Waals surface area contributed by atoms with Crippen molar-refractivity contribution >= 4 is 15.9 Å². The van der Waals surface area contributed by atoms with E-state index in [1.165, 1.54) is 0 Å². The highest BCUT2D eigenvalue weighted by Gasteiger charge is 2.04. The normalized spacial score (nSPS) is 10.8. The molecule has 0 radical (unpaired) electrons. The fourth-order valence-electron chi connectivity index (χ4n) is 2.15. The van der Waals surface area contributed by atoms with Gasteiger partial charge in [-0.1, -0.05) is 18.2 Å². The third-order valence-corrected chi connectivity index (χ3v) is 3.80. The summed E-state index contributed by atoms with van der Waals surface area (Å²) >= 11 is 3.29. The van der Waals surface area contributed by atoms with E-state index in [2.05, 4.69) is 21.2 Å². The molecule has 0 atom stereocenters. The molecule has 0 heterocycles. The Morgan fingerprint density at radius 1 is 1.05 bits per heavy atom. The van der Waals surface area contributed by atoms with Crippen LogP contribution in [-0.4, -0.2) is 5.11 Å². The van der Waals surface area contributed by atoms with Gasteiger partial charge >= 0.3 is 0 Å². The molecule has 2 aromatic carbocycles. The molecule has 0 saturated heterocycles. The van der Waals surface area contributed by atoms with E-state index in [0.29, 0.717) is 28.7 Å². The first-order chi connectivity index (χ1) is 9.47. The zero-order valence-corrected chi connectivity index (χ0v) is 13.1. The van der Waals surface area contributed by atoms with Gasteiger partial charge in [-0.3, -0.25) is 0 Å². The van der Waals surface area contributed by atoms with Crippen LogP contribution >= 0.6 is 15.9 Å². The molecule has 2 nitrogen and oxygen atoms in total. The second-order valence-electron chi connectivity index (χ2n) is 4.93. The van der Waals surface area contributed by atoms with Crippen LogP contribution in [0.1, 0.15) is 22.3 Å². The maximum atomic E-state index is 13.5. The van der Waals surface area contributed by atoms with Crippen molar-refractivity contribution in [3.05, 3.63) is 62.9 Å². The van der Waals surface area contributed by atoms with Crippen molar-refractivity contribution in [1.82, 2.24) is 5.32 Å². The van der Waals surface area contributed by atoms with Crippen LogP contribution in [0.25, 0.3) is 0 Å². The first-order valence-corrected chi connectivity index (χ1v) is 7.20. The zero-order chi connectivity index (χ0) is 14.7. The van der Waals surface area contributed by atoms with Crippen LogP contribution in [-0.2, 0) is 13.1 Å². The highest BCUT2D eigenvalue weighted by Crippen LogP contribution is 2.24. The fraction of sp³-hybridized carbons (Fsp3) is 0.250. The number of hydrogen-bond donors (Lipinski definition) is 2. The van der Waals surface area contributed by atoms with Crippen LogP contribution in [0.4, 0.5) is 4.39 Å². The van der Waals surface area contributed by atoms with Gasteiger partial charge in [-0.2, -0.15) is 0 Å². The van der Waals surface area contributed by atoms with Crippen LogP contribution < -0.4 is 5.32 Å². The van der Waals surface area contributed by atoms with Gasteiger partial charge in [0, 0.05) is 13.1 Å². The van der Waals surface area contributed by atoms with Gasteiger partial charge in [-0.05, 0) is 64.2 Å². The lowest BCUT2D eigenvalue weighted by molar-refractivity contribution is 0.471. The Balaban J connectivity index is 1.97. The monoisotopic (exact) mass is 337 g/mol. The molecule has 0 bridgehead atoms. The average molecular weight is 338 g/mol. The van der Waals surface area contributed by atoms with Crippen LogP contribution in [0.2, 0.25) is 0 Å². The lowest BCUT2D eigenvalue weighted by Gasteiger charge is -2.09. The number of phenolic OH excluding ortho intramolecular Hbond substituents is 1. The number of nitrogens with one attached hydrogen (secondary N) is 1. The number of halogens is 2. The molecule has 2 aromatic rings. The molecule has 0 aromatic heterocycles. The molecule has 0 aliphatic rings. The smallest absolute Gasteiger partial charge is 0.129 e. The Morgan fingerprint density at radius 3 is 2.25 bits per heavy atom. The van der Waals surface area contributed by atoms with E-state index in [-0.39, 0.29) is 11.6 Å². The first kappa shape index (κ1) is 15.0. The molecule has 0 aliphatic carbocycles. The molecular weight excluding hydrogens is 321 g/mol. The number of aryl methyl sites for hydroxylation is 2. The van der Waals surface area contributed by atoms with E-state index in [1.54, 1.807) is 19.9 Å². The van der Waals surface area contributed by atoms with Crippen molar-refractivity contribution in [2.24, 2.45) is 0 Å². The van der Waals surface area contributed by atoms with Gasteiger partial charge in [0.25, 0.3) is 0 Å². The molecule has 0 spiro atoms. The molecule has 106 valence electrons. The van der Waals surface area contributed by atoms with Crippen LogP contribution in [0.15, 0.2) is 34.8 Å². The van der Waals surface area contributed by atoms with E-state index < -0.39 is 0 Å². The first-order valence-electron chi connectivity index (χ1n) is 6.41. The molecule has 2 N–H and O–H groups in total. The standard InChI is InChI=1S/C16H17BrFNO/c1-10-5-13(6-11(2)16(10)18)9-19-8-12-3-4-15(20)14(17)7-12/h3-7,19-20H,8-9H2,1-2H3.